The van der Waals surface area contributed by atoms with Gasteiger partial charge in [0.25, 0.3) is 11.4 Å². The molecule has 0 saturated heterocycles. The van der Waals surface area contributed by atoms with Crippen LogP contribution in [0.5, 0.6) is 0 Å². The molecular weight excluding hydrogens is 363 g/mol. The second-order valence-electron chi connectivity index (χ2n) is 4.81. The van der Waals surface area contributed by atoms with Crippen LogP contribution in [-0.2, 0) is 0 Å². The van der Waals surface area contributed by atoms with E-state index >= 15 is 0 Å². The van der Waals surface area contributed by atoms with Crippen molar-refractivity contribution in [2.45, 2.75) is 0 Å². The highest BCUT2D eigenvalue weighted by Crippen LogP contribution is 2.41. The van der Waals surface area contributed by atoms with Gasteiger partial charge in [-0.25, -0.2) is 0 Å². The van der Waals surface area contributed by atoms with Gasteiger partial charge < -0.3 is 0 Å². The molecule has 0 spiro atoms. The topological polar surface area (TPSA) is 120 Å². The molecule has 0 radical (unpaired) electrons. The zero-order valence-electron chi connectivity index (χ0n) is 11.4. The average molecular weight is 367 g/mol. The quantitative estimate of drug-likeness (QED) is 0.504. The lowest BCUT2D eigenvalue weighted by Crippen LogP contribution is -2.23. The van der Waals surface area contributed by atoms with Gasteiger partial charge in [0.05, 0.1) is 9.85 Å². The molecule has 2 aromatic carbocycles. The largest absolute Gasteiger partial charge is 0.299 e. The molecule has 2 aromatic rings. The highest BCUT2D eigenvalue weighted by atomic mass is 35.5. The predicted octanol–water partition coefficient (Wildman–Crippen LogP) is 3.59. The number of nitro benzene ring substituents is 2. The van der Waals surface area contributed by atoms with Crippen molar-refractivity contribution in [3.63, 3.8) is 0 Å². The van der Waals surface area contributed by atoms with Crippen LogP contribution in [-0.4, -0.2) is 21.4 Å². The van der Waals surface area contributed by atoms with E-state index in [4.69, 9.17) is 23.2 Å². The first-order valence-corrected chi connectivity index (χ1v) is 7.04. The molecule has 1 aliphatic carbocycles. The van der Waals surface area contributed by atoms with E-state index in [0.29, 0.717) is 0 Å². The number of benzene rings is 2. The van der Waals surface area contributed by atoms with Crippen molar-refractivity contribution in [3.05, 3.63) is 76.8 Å². The maximum atomic E-state index is 12.6. The second-order valence-corrected chi connectivity index (χ2v) is 5.62. The summed E-state index contributed by atoms with van der Waals surface area (Å²) in [7, 11) is 0. The molecule has 0 N–H and O–H groups in total. The van der Waals surface area contributed by atoms with Crippen LogP contribution in [0, 0.1) is 20.2 Å². The molecule has 0 aromatic heterocycles. The molecule has 1 aliphatic rings. The Balaban J connectivity index is 2.43. The number of carbonyl (C=O) groups excluding carboxylic acids is 2. The molecule has 0 heterocycles. The number of carbonyl (C=O) groups is 2. The van der Waals surface area contributed by atoms with Crippen molar-refractivity contribution in [3.8, 4) is 0 Å². The summed E-state index contributed by atoms with van der Waals surface area (Å²) in [6.07, 6.45) is 0. The van der Waals surface area contributed by atoms with Gasteiger partial charge >= 0.3 is 0 Å². The first kappa shape index (κ1) is 16.0. The van der Waals surface area contributed by atoms with Gasteiger partial charge in [-0.3, -0.25) is 29.8 Å². The van der Waals surface area contributed by atoms with E-state index in [9.17, 15) is 29.8 Å². The fourth-order valence-corrected chi connectivity index (χ4v) is 3.05. The summed E-state index contributed by atoms with van der Waals surface area (Å²) in [5.41, 5.74) is -3.04. The Labute approximate surface area is 142 Å². The SMILES string of the molecule is O=C1c2ccc(Cl)c([N+](=O)[O-])c2C(=O)c2ccc(Cl)c([N+](=O)[O-])c21. The third-order valence-corrected chi connectivity index (χ3v) is 4.18. The number of nitrogens with zero attached hydrogens (tertiary/aromatic N) is 2. The van der Waals surface area contributed by atoms with Gasteiger partial charge in [-0.05, 0) is 24.3 Å². The first-order valence-electron chi connectivity index (χ1n) is 6.29. The number of halogens is 2. The van der Waals surface area contributed by atoms with Crippen molar-refractivity contribution >= 4 is 46.1 Å². The van der Waals surface area contributed by atoms with E-state index in [0.717, 1.165) is 24.3 Å². The molecule has 120 valence electrons. The fourth-order valence-electron chi connectivity index (χ4n) is 2.60. The average Bonchev–Trinajstić information content (AvgIpc) is 2.51. The van der Waals surface area contributed by atoms with Crippen LogP contribution in [0.15, 0.2) is 24.3 Å². The molecule has 0 aliphatic heterocycles. The van der Waals surface area contributed by atoms with Crippen LogP contribution in [0.3, 0.4) is 0 Å². The van der Waals surface area contributed by atoms with Crippen LogP contribution in [0.25, 0.3) is 0 Å². The Kier molecular flexibility index (Phi) is 3.58. The molecule has 0 bridgehead atoms. The van der Waals surface area contributed by atoms with Gasteiger partial charge in [-0.2, -0.15) is 0 Å². The minimum atomic E-state index is -0.895. The fraction of sp³-hybridized carbons (Fsp3) is 0. The maximum Gasteiger partial charge on any atom is 0.299 e. The Morgan fingerprint density at radius 2 is 1.04 bits per heavy atom. The zero-order chi connectivity index (χ0) is 17.8. The van der Waals surface area contributed by atoms with Crippen LogP contribution < -0.4 is 0 Å². The second kappa shape index (κ2) is 5.36. The maximum absolute atomic E-state index is 12.6. The van der Waals surface area contributed by atoms with E-state index in [2.05, 4.69) is 0 Å². The van der Waals surface area contributed by atoms with Crippen LogP contribution in [0.4, 0.5) is 11.4 Å². The van der Waals surface area contributed by atoms with E-state index in [-0.39, 0.29) is 21.2 Å². The van der Waals surface area contributed by atoms with Gasteiger partial charge in [0.1, 0.15) is 21.2 Å². The molecule has 8 nitrogen and oxygen atoms in total. The summed E-state index contributed by atoms with van der Waals surface area (Å²) >= 11 is 11.5. The van der Waals surface area contributed by atoms with Gasteiger partial charge in [-0.1, -0.05) is 23.2 Å². The minimum absolute atomic E-state index is 0.313. The summed E-state index contributed by atoms with van der Waals surface area (Å²) < 4.78 is 0. The van der Waals surface area contributed by atoms with E-state index in [1.807, 2.05) is 0 Å². The summed E-state index contributed by atoms with van der Waals surface area (Å²) in [5.74, 6) is -1.79. The summed E-state index contributed by atoms with van der Waals surface area (Å²) in [6.45, 7) is 0. The van der Waals surface area contributed by atoms with Crippen LogP contribution >= 0.6 is 23.2 Å². The molecule has 0 atom stereocenters. The minimum Gasteiger partial charge on any atom is -0.288 e. The lowest BCUT2D eigenvalue weighted by Gasteiger charge is -2.18. The molecule has 0 unspecified atom stereocenters. The molecule has 3 rings (SSSR count). The molecule has 10 heteroatoms. The molecule has 0 saturated carbocycles. The third kappa shape index (κ3) is 2.08. The Hall–Kier alpha value is -2.84. The van der Waals surface area contributed by atoms with E-state index < -0.39 is 43.9 Å². The van der Waals surface area contributed by atoms with Crippen LogP contribution in [0.2, 0.25) is 10.0 Å². The van der Waals surface area contributed by atoms with Gasteiger partial charge in [-0.15, -0.1) is 0 Å². The van der Waals surface area contributed by atoms with Crippen molar-refractivity contribution < 1.29 is 19.4 Å². The number of hydrogen-bond donors (Lipinski definition) is 0. The van der Waals surface area contributed by atoms with Crippen molar-refractivity contribution in [2.75, 3.05) is 0 Å². The zero-order valence-corrected chi connectivity index (χ0v) is 12.9. The highest BCUT2D eigenvalue weighted by Gasteiger charge is 2.41. The van der Waals surface area contributed by atoms with Crippen molar-refractivity contribution in [1.82, 2.24) is 0 Å². The predicted molar refractivity (Wildman–Crippen MR) is 83.1 cm³/mol. The third-order valence-electron chi connectivity index (χ3n) is 3.57. The van der Waals surface area contributed by atoms with Gasteiger partial charge in [0.15, 0.2) is 0 Å². The number of fused-ring (bicyclic) bond motifs is 2. The van der Waals surface area contributed by atoms with Gasteiger partial charge in [0, 0.05) is 11.1 Å². The van der Waals surface area contributed by atoms with E-state index in [1.54, 1.807) is 0 Å². The number of nitro groups is 2. The lowest BCUT2D eigenvalue weighted by atomic mass is 9.82. The molecule has 24 heavy (non-hydrogen) atoms. The highest BCUT2D eigenvalue weighted by molar-refractivity contribution is 6.39. The Bertz CT molecular complexity index is 906. The Morgan fingerprint density at radius 1 is 0.708 bits per heavy atom. The first-order chi connectivity index (χ1) is 11.3. The van der Waals surface area contributed by atoms with Crippen LogP contribution in [0.1, 0.15) is 31.8 Å². The van der Waals surface area contributed by atoms with Gasteiger partial charge in [0.2, 0.25) is 11.6 Å². The standard InChI is InChI=1S/C14H4Cl2N2O6/c15-7-3-1-5-9(11(7)17(21)22)14(20)6-2-4-8(16)12(18(23)24)10(6)13(5)19/h1-4H. The monoisotopic (exact) mass is 366 g/mol. The van der Waals surface area contributed by atoms with Crippen molar-refractivity contribution in [2.24, 2.45) is 0 Å². The van der Waals surface area contributed by atoms with E-state index in [1.165, 1.54) is 0 Å². The summed E-state index contributed by atoms with van der Waals surface area (Å²) in [5, 5.41) is 21.8. The number of hydrogen-bond acceptors (Lipinski definition) is 6. The lowest BCUT2D eigenvalue weighted by molar-refractivity contribution is -0.385. The summed E-state index contributed by atoms with van der Waals surface area (Å²) in [6, 6.07) is 4.42. The Morgan fingerprint density at radius 3 is 1.33 bits per heavy atom. The summed E-state index contributed by atoms with van der Waals surface area (Å²) in [4.78, 5) is 46.0. The molecular formula is C14H4Cl2N2O6. The molecule has 0 fully saturated rings. The smallest absolute Gasteiger partial charge is 0.288 e. The number of rotatable bonds is 2. The normalized spacial score (nSPS) is 12.6. The number of ketones is 2. The molecule has 0 amide bonds. The van der Waals surface area contributed by atoms with Crippen molar-refractivity contribution in [1.29, 1.82) is 0 Å².